The summed E-state index contributed by atoms with van der Waals surface area (Å²) in [6.07, 6.45) is 1.75. The van der Waals surface area contributed by atoms with Crippen LogP contribution < -0.4 is 4.74 Å². The van der Waals surface area contributed by atoms with Crippen molar-refractivity contribution >= 4 is 15.9 Å². The Kier molecular flexibility index (Phi) is 3.36. The molecule has 2 nitrogen and oxygen atoms in total. The van der Waals surface area contributed by atoms with E-state index in [9.17, 15) is 0 Å². The predicted molar refractivity (Wildman–Crippen MR) is 48.0 cm³/mol. The first-order valence-electron chi connectivity index (χ1n) is 3.50. The average Bonchev–Trinajstić information content (AvgIpc) is 2.06. The fourth-order valence-electron chi connectivity index (χ4n) is 0.786. The van der Waals surface area contributed by atoms with E-state index < -0.39 is 0 Å². The first kappa shape index (κ1) is 8.53. The molecule has 1 heterocycles. The third kappa shape index (κ3) is 2.50. The van der Waals surface area contributed by atoms with E-state index in [2.05, 4.69) is 20.9 Å². The minimum atomic E-state index is 0.700. The van der Waals surface area contributed by atoms with Gasteiger partial charge in [0.2, 0.25) is 0 Å². The molecule has 0 aromatic carbocycles. The average molecular weight is 216 g/mol. The molecule has 0 radical (unpaired) electrons. The summed E-state index contributed by atoms with van der Waals surface area (Å²) >= 11 is 3.32. The highest BCUT2D eigenvalue weighted by Crippen LogP contribution is 2.12. The maximum absolute atomic E-state index is 5.29. The van der Waals surface area contributed by atoms with Gasteiger partial charge in [-0.15, -0.1) is 0 Å². The Morgan fingerprint density at radius 3 is 3.09 bits per heavy atom. The lowest BCUT2D eigenvalue weighted by atomic mass is 10.3. The third-order valence-electron chi connectivity index (χ3n) is 1.24. The van der Waals surface area contributed by atoms with Crippen LogP contribution in [0.1, 0.15) is 12.6 Å². The van der Waals surface area contributed by atoms with Crippen LogP contribution in [-0.4, -0.2) is 11.6 Å². The minimum Gasteiger partial charge on any atom is -0.494 e. The van der Waals surface area contributed by atoms with Crippen LogP contribution >= 0.6 is 15.9 Å². The van der Waals surface area contributed by atoms with Gasteiger partial charge >= 0.3 is 0 Å². The van der Waals surface area contributed by atoms with Crippen LogP contribution in [0, 0.1) is 0 Å². The van der Waals surface area contributed by atoms with Gasteiger partial charge < -0.3 is 4.74 Å². The van der Waals surface area contributed by atoms with Crippen LogP contribution in [0.3, 0.4) is 0 Å². The summed E-state index contributed by atoms with van der Waals surface area (Å²) in [5.41, 5.74) is 0.996. The van der Waals surface area contributed by atoms with Crippen LogP contribution in [0.5, 0.6) is 5.75 Å². The van der Waals surface area contributed by atoms with E-state index in [0.29, 0.717) is 6.61 Å². The smallest absolute Gasteiger partial charge is 0.122 e. The molecule has 3 heteroatoms. The molecule has 0 bridgehead atoms. The highest BCUT2D eigenvalue weighted by atomic mass is 79.9. The first-order chi connectivity index (χ1) is 5.36. The summed E-state index contributed by atoms with van der Waals surface area (Å²) in [4.78, 5) is 4.11. The van der Waals surface area contributed by atoms with E-state index in [4.69, 9.17) is 4.74 Å². The van der Waals surface area contributed by atoms with Crippen molar-refractivity contribution in [3.05, 3.63) is 24.0 Å². The highest BCUT2D eigenvalue weighted by Gasteiger charge is 1.94. The molecular weight excluding hydrogens is 206 g/mol. The van der Waals surface area contributed by atoms with Gasteiger partial charge in [0, 0.05) is 17.6 Å². The van der Waals surface area contributed by atoms with Gasteiger partial charge in [-0.1, -0.05) is 15.9 Å². The second-order valence-corrected chi connectivity index (χ2v) is 2.61. The number of ether oxygens (including phenoxy) is 1. The maximum atomic E-state index is 5.29. The predicted octanol–water partition coefficient (Wildman–Crippen LogP) is 2.38. The summed E-state index contributed by atoms with van der Waals surface area (Å²) in [5, 5.41) is 0.772. The topological polar surface area (TPSA) is 22.1 Å². The monoisotopic (exact) mass is 215 g/mol. The molecule has 0 N–H and O–H groups in total. The van der Waals surface area contributed by atoms with E-state index in [1.807, 2.05) is 19.1 Å². The summed E-state index contributed by atoms with van der Waals surface area (Å²) in [6, 6.07) is 3.79. The van der Waals surface area contributed by atoms with Crippen molar-refractivity contribution in [2.45, 2.75) is 12.3 Å². The van der Waals surface area contributed by atoms with Crippen molar-refractivity contribution in [3.63, 3.8) is 0 Å². The number of halogens is 1. The third-order valence-corrected chi connectivity index (χ3v) is 1.81. The standard InChI is InChI=1S/C8H10BrNO/c1-2-11-8-3-4-10-7(5-8)6-9/h3-5H,2,6H2,1H3. The van der Waals surface area contributed by atoms with E-state index in [1.54, 1.807) is 6.20 Å². The number of rotatable bonds is 3. The van der Waals surface area contributed by atoms with Crippen LogP contribution in [0.2, 0.25) is 0 Å². The maximum Gasteiger partial charge on any atom is 0.122 e. The molecule has 1 aromatic rings. The van der Waals surface area contributed by atoms with Crippen molar-refractivity contribution in [2.24, 2.45) is 0 Å². The fraction of sp³-hybridized carbons (Fsp3) is 0.375. The van der Waals surface area contributed by atoms with Gasteiger partial charge in [-0.3, -0.25) is 4.98 Å². The van der Waals surface area contributed by atoms with Crippen molar-refractivity contribution in [1.82, 2.24) is 4.98 Å². The molecular formula is C8H10BrNO. The van der Waals surface area contributed by atoms with Crippen molar-refractivity contribution in [3.8, 4) is 5.75 Å². The zero-order valence-corrected chi connectivity index (χ0v) is 7.97. The molecule has 0 aliphatic carbocycles. The molecule has 0 spiro atoms. The van der Waals surface area contributed by atoms with Gasteiger partial charge in [0.15, 0.2) is 0 Å². The lowest BCUT2D eigenvalue weighted by Crippen LogP contribution is -1.93. The molecule has 0 aliphatic rings. The van der Waals surface area contributed by atoms with Gasteiger partial charge in [0.1, 0.15) is 5.75 Å². The van der Waals surface area contributed by atoms with Crippen molar-refractivity contribution < 1.29 is 4.74 Å². The first-order valence-corrected chi connectivity index (χ1v) is 4.62. The Morgan fingerprint density at radius 2 is 2.45 bits per heavy atom. The number of alkyl halides is 1. The number of pyridine rings is 1. The second-order valence-electron chi connectivity index (χ2n) is 2.05. The Hall–Kier alpha value is -0.570. The number of aromatic nitrogens is 1. The molecule has 1 rings (SSSR count). The Morgan fingerprint density at radius 1 is 1.64 bits per heavy atom. The molecule has 0 amide bonds. The molecule has 0 saturated heterocycles. The second kappa shape index (κ2) is 4.34. The van der Waals surface area contributed by atoms with E-state index in [-0.39, 0.29) is 0 Å². The SMILES string of the molecule is CCOc1ccnc(CBr)c1. The van der Waals surface area contributed by atoms with Gasteiger partial charge in [0.25, 0.3) is 0 Å². The number of hydrogen-bond acceptors (Lipinski definition) is 2. The highest BCUT2D eigenvalue weighted by molar-refractivity contribution is 9.08. The molecule has 0 atom stereocenters. The van der Waals surface area contributed by atoms with Gasteiger partial charge in [0.05, 0.1) is 12.3 Å². The van der Waals surface area contributed by atoms with Gasteiger partial charge in [-0.25, -0.2) is 0 Å². The quantitative estimate of drug-likeness (QED) is 0.723. The van der Waals surface area contributed by atoms with E-state index in [1.165, 1.54) is 0 Å². The van der Waals surface area contributed by atoms with Crippen LogP contribution in [0.25, 0.3) is 0 Å². The van der Waals surface area contributed by atoms with Crippen molar-refractivity contribution in [2.75, 3.05) is 6.61 Å². The molecule has 0 aliphatic heterocycles. The molecule has 0 saturated carbocycles. The molecule has 11 heavy (non-hydrogen) atoms. The molecule has 0 unspecified atom stereocenters. The lowest BCUT2D eigenvalue weighted by molar-refractivity contribution is 0.339. The molecule has 60 valence electrons. The normalized spacial score (nSPS) is 9.64. The largest absolute Gasteiger partial charge is 0.494 e. The van der Waals surface area contributed by atoms with Gasteiger partial charge in [-0.2, -0.15) is 0 Å². The zero-order chi connectivity index (χ0) is 8.10. The van der Waals surface area contributed by atoms with Crippen molar-refractivity contribution in [1.29, 1.82) is 0 Å². The number of hydrogen-bond donors (Lipinski definition) is 0. The summed E-state index contributed by atoms with van der Waals surface area (Å²) in [6.45, 7) is 2.67. The molecule has 0 fully saturated rings. The summed E-state index contributed by atoms with van der Waals surface area (Å²) in [5.74, 6) is 0.886. The zero-order valence-electron chi connectivity index (χ0n) is 6.38. The van der Waals surface area contributed by atoms with Crippen LogP contribution in [0.4, 0.5) is 0 Å². The lowest BCUT2D eigenvalue weighted by Gasteiger charge is -2.02. The van der Waals surface area contributed by atoms with Crippen LogP contribution in [-0.2, 0) is 5.33 Å². The van der Waals surface area contributed by atoms with Gasteiger partial charge in [-0.05, 0) is 13.0 Å². The summed E-state index contributed by atoms with van der Waals surface area (Å²) < 4.78 is 5.29. The summed E-state index contributed by atoms with van der Waals surface area (Å²) in [7, 11) is 0. The minimum absolute atomic E-state index is 0.700. The molecule has 1 aromatic heterocycles. The fourth-order valence-corrected chi connectivity index (χ4v) is 1.09. The number of nitrogens with zero attached hydrogens (tertiary/aromatic N) is 1. The Balaban J connectivity index is 2.74. The Bertz CT molecular complexity index is 227. The van der Waals surface area contributed by atoms with E-state index >= 15 is 0 Å². The van der Waals surface area contributed by atoms with Crippen LogP contribution in [0.15, 0.2) is 18.3 Å². The van der Waals surface area contributed by atoms with E-state index in [0.717, 1.165) is 16.8 Å². The Labute approximate surface area is 74.7 Å².